The minimum absolute atomic E-state index is 0.333. The van der Waals surface area contributed by atoms with Crippen LogP contribution in [0.3, 0.4) is 0 Å². The van der Waals surface area contributed by atoms with E-state index in [1.807, 2.05) is 12.1 Å². The van der Waals surface area contributed by atoms with Crippen LogP contribution in [0.2, 0.25) is 0 Å². The van der Waals surface area contributed by atoms with E-state index in [4.69, 9.17) is 11.5 Å². The molecule has 3 rings (SSSR count). The summed E-state index contributed by atoms with van der Waals surface area (Å²) < 4.78 is 1.07. The summed E-state index contributed by atoms with van der Waals surface area (Å²) >= 11 is 3.47. The number of fused-ring (bicyclic) bond motifs is 1. The highest BCUT2D eigenvalue weighted by Gasteiger charge is 2.01. The van der Waals surface area contributed by atoms with Crippen LogP contribution in [-0.2, 0) is 0 Å². The lowest BCUT2D eigenvalue weighted by atomic mass is 10.1. The summed E-state index contributed by atoms with van der Waals surface area (Å²) in [5.74, 6) is 1.01. The van der Waals surface area contributed by atoms with E-state index in [0.29, 0.717) is 17.3 Å². The monoisotopic (exact) mass is 328 g/mol. The molecule has 0 spiro atoms. The van der Waals surface area contributed by atoms with Gasteiger partial charge in [-0.05, 0) is 47.2 Å². The first-order valence-corrected chi connectivity index (χ1v) is 6.89. The number of hydrogen-bond acceptors (Lipinski definition) is 4. The second kappa shape index (κ2) is 5.02. The lowest BCUT2D eigenvalue weighted by Gasteiger charge is -2.08. The Morgan fingerprint density at radius 2 is 1.65 bits per heavy atom. The molecule has 3 aromatic rings. The normalized spacial score (nSPS) is 10.7. The van der Waals surface area contributed by atoms with Crippen molar-refractivity contribution in [2.45, 2.75) is 0 Å². The van der Waals surface area contributed by atoms with Crippen LogP contribution in [0.4, 0.5) is 23.0 Å². The van der Waals surface area contributed by atoms with E-state index in [2.05, 4.69) is 50.5 Å². The Morgan fingerprint density at radius 3 is 2.45 bits per heavy atom. The van der Waals surface area contributed by atoms with Crippen LogP contribution in [0.15, 0.2) is 53.0 Å². The van der Waals surface area contributed by atoms with E-state index in [1.165, 1.54) is 5.39 Å². The average molecular weight is 329 g/mol. The fourth-order valence-corrected chi connectivity index (χ4v) is 2.38. The molecule has 0 aliphatic carbocycles. The van der Waals surface area contributed by atoms with Crippen LogP contribution in [0.1, 0.15) is 0 Å². The predicted octanol–water partition coefficient (Wildman–Crippen LogP) is 3.91. The molecule has 0 saturated heterocycles. The Bertz CT molecular complexity index is 786. The van der Waals surface area contributed by atoms with Crippen molar-refractivity contribution in [1.82, 2.24) is 4.98 Å². The molecule has 1 aromatic heterocycles. The van der Waals surface area contributed by atoms with Gasteiger partial charge in [-0.2, -0.15) is 0 Å². The zero-order valence-corrected chi connectivity index (χ0v) is 12.2. The molecule has 100 valence electrons. The molecule has 0 aliphatic heterocycles. The summed E-state index contributed by atoms with van der Waals surface area (Å²) in [5.41, 5.74) is 12.8. The van der Waals surface area contributed by atoms with Gasteiger partial charge in [-0.3, -0.25) is 0 Å². The molecule has 0 saturated carbocycles. The van der Waals surface area contributed by atoms with Crippen LogP contribution in [-0.4, -0.2) is 4.98 Å². The van der Waals surface area contributed by atoms with Gasteiger partial charge in [-0.15, -0.1) is 0 Å². The molecule has 0 radical (unpaired) electrons. The summed E-state index contributed by atoms with van der Waals surface area (Å²) in [6, 6.07) is 15.8. The Balaban J connectivity index is 1.94. The first kappa shape index (κ1) is 12.7. The van der Waals surface area contributed by atoms with Gasteiger partial charge in [0.15, 0.2) is 0 Å². The summed E-state index contributed by atoms with van der Waals surface area (Å²) in [4.78, 5) is 4.20. The number of halogens is 1. The van der Waals surface area contributed by atoms with Gasteiger partial charge < -0.3 is 16.8 Å². The van der Waals surface area contributed by atoms with Crippen molar-refractivity contribution >= 4 is 49.7 Å². The van der Waals surface area contributed by atoms with Gasteiger partial charge in [0.25, 0.3) is 0 Å². The van der Waals surface area contributed by atoms with Crippen molar-refractivity contribution in [2.24, 2.45) is 0 Å². The summed E-state index contributed by atoms with van der Waals surface area (Å²) in [5, 5.41) is 5.55. The molecule has 0 amide bonds. The summed E-state index contributed by atoms with van der Waals surface area (Å²) in [6.45, 7) is 0. The molecule has 0 unspecified atom stereocenters. The zero-order chi connectivity index (χ0) is 14.1. The van der Waals surface area contributed by atoms with Gasteiger partial charge in [0, 0.05) is 10.2 Å². The van der Waals surface area contributed by atoms with Crippen LogP contribution in [0, 0.1) is 0 Å². The van der Waals surface area contributed by atoms with Crippen molar-refractivity contribution in [1.29, 1.82) is 0 Å². The van der Waals surface area contributed by atoms with Crippen molar-refractivity contribution < 1.29 is 0 Å². The van der Waals surface area contributed by atoms with Gasteiger partial charge in [-0.1, -0.05) is 28.1 Å². The lowest BCUT2D eigenvalue weighted by molar-refractivity contribution is 1.32. The number of pyridine rings is 1. The molecule has 0 fully saturated rings. The second-order valence-electron chi connectivity index (χ2n) is 4.50. The first-order valence-electron chi connectivity index (χ1n) is 6.10. The quantitative estimate of drug-likeness (QED) is 0.666. The predicted molar refractivity (Wildman–Crippen MR) is 88.0 cm³/mol. The maximum absolute atomic E-state index is 5.70. The fraction of sp³-hybridized carbons (Fsp3) is 0. The van der Waals surface area contributed by atoms with Gasteiger partial charge in [0.1, 0.15) is 11.6 Å². The molecule has 2 aromatic carbocycles. The number of nitrogens with two attached hydrogens (primary N) is 2. The number of rotatable bonds is 2. The molecule has 1 heterocycles. The van der Waals surface area contributed by atoms with Crippen molar-refractivity contribution in [3.8, 4) is 0 Å². The molecule has 0 bridgehead atoms. The number of anilines is 4. The highest BCUT2D eigenvalue weighted by atomic mass is 79.9. The standard InChI is InChI=1S/C15H13BrN4/c16-11-3-1-10-8-12(4-2-9(10)7-11)19-14-6-5-13(17)15(18)20-14/h1-8H,17H2,(H3,18,19,20). The number of aromatic nitrogens is 1. The Kier molecular flexibility index (Phi) is 3.20. The topological polar surface area (TPSA) is 77.0 Å². The van der Waals surface area contributed by atoms with Crippen molar-refractivity contribution in [3.63, 3.8) is 0 Å². The van der Waals surface area contributed by atoms with Crippen LogP contribution < -0.4 is 16.8 Å². The highest BCUT2D eigenvalue weighted by molar-refractivity contribution is 9.10. The van der Waals surface area contributed by atoms with Gasteiger partial charge in [0.2, 0.25) is 0 Å². The van der Waals surface area contributed by atoms with Crippen molar-refractivity contribution in [3.05, 3.63) is 53.0 Å². The van der Waals surface area contributed by atoms with Crippen LogP contribution >= 0.6 is 15.9 Å². The fourth-order valence-electron chi connectivity index (χ4n) is 2.00. The second-order valence-corrected chi connectivity index (χ2v) is 5.42. The van der Waals surface area contributed by atoms with E-state index in [1.54, 1.807) is 12.1 Å². The van der Waals surface area contributed by atoms with Crippen LogP contribution in [0.5, 0.6) is 0 Å². The molecule has 0 atom stereocenters. The largest absolute Gasteiger partial charge is 0.396 e. The Hall–Kier alpha value is -2.27. The maximum atomic E-state index is 5.70. The minimum atomic E-state index is 0.333. The van der Waals surface area contributed by atoms with Gasteiger partial charge in [0.05, 0.1) is 5.69 Å². The SMILES string of the molecule is Nc1ccc(Nc2ccc3cc(Br)ccc3c2)nc1N. The summed E-state index contributed by atoms with van der Waals surface area (Å²) in [7, 11) is 0. The van der Waals surface area contributed by atoms with E-state index in [-0.39, 0.29) is 0 Å². The number of nitrogens with one attached hydrogen (secondary N) is 1. The van der Waals surface area contributed by atoms with E-state index < -0.39 is 0 Å². The zero-order valence-electron chi connectivity index (χ0n) is 10.6. The Morgan fingerprint density at radius 1 is 0.900 bits per heavy atom. The minimum Gasteiger partial charge on any atom is -0.396 e. The van der Waals surface area contributed by atoms with Gasteiger partial charge in [-0.25, -0.2) is 4.98 Å². The van der Waals surface area contributed by atoms with Gasteiger partial charge >= 0.3 is 0 Å². The van der Waals surface area contributed by atoms with E-state index in [0.717, 1.165) is 15.5 Å². The molecular weight excluding hydrogens is 316 g/mol. The average Bonchev–Trinajstić information content (AvgIpc) is 2.43. The van der Waals surface area contributed by atoms with Crippen LogP contribution in [0.25, 0.3) is 10.8 Å². The Labute approximate surface area is 124 Å². The number of hydrogen-bond donors (Lipinski definition) is 3. The highest BCUT2D eigenvalue weighted by Crippen LogP contribution is 2.25. The molecule has 4 nitrogen and oxygen atoms in total. The molecule has 20 heavy (non-hydrogen) atoms. The molecule has 0 aliphatic rings. The first-order chi connectivity index (χ1) is 9.61. The molecule has 5 N–H and O–H groups in total. The molecule has 5 heteroatoms. The summed E-state index contributed by atoms with van der Waals surface area (Å²) in [6.07, 6.45) is 0. The van der Waals surface area contributed by atoms with Crippen molar-refractivity contribution in [2.75, 3.05) is 16.8 Å². The lowest BCUT2D eigenvalue weighted by Crippen LogP contribution is -2.01. The molecular formula is C15H13BrN4. The van der Waals surface area contributed by atoms with E-state index >= 15 is 0 Å². The third kappa shape index (κ3) is 2.53. The maximum Gasteiger partial charge on any atom is 0.149 e. The van der Waals surface area contributed by atoms with E-state index in [9.17, 15) is 0 Å². The number of nitrogen functional groups attached to an aromatic ring is 2. The smallest absolute Gasteiger partial charge is 0.149 e. The third-order valence-corrected chi connectivity index (χ3v) is 3.53. The number of nitrogens with zero attached hydrogens (tertiary/aromatic N) is 1. The third-order valence-electron chi connectivity index (χ3n) is 3.03. The number of benzene rings is 2.